The van der Waals surface area contributed by atoms with Crippen LogP contribution in [0.15, 0.2) is 42.5 Å². The number of benzene rings is 2. The van der Waals surface area contributed by atoms with Crippen molar-refractivity contribution < 1.29 is 9.53 Å². The molecular weight excluding hydrogens is 410 g/mol. The molecule has 4 rings (SSSR count). The molecule has 2 aliphatic heterocycles. The highest BCUT2D eigenvalue weighted by atomic mass is 35.5. The van der Waals surface area contributed by atoms with Gasteiger partial charge in [-0.2, -0.15) is 0 Å². The highest BCUT2D eigenvalue weighted by molar-refractivity contribution is 6.30. The minimum absolute atomic E-state index is 0.140. The lowest BCUT2D eigenvalue weighted by Gasteiger charge is -2.37. The van der Waals surface area contributed by atoms with Gasteiger partial charge in [-0.05, 0) is 53.8 Å². The Hall–Kier alpha value is -2.08. The molecule has 31 heavy (non-hydrogen) atoms. The monoisotopic (exact) mass is 441 g/mol. The van der Waals surface area contributed by atoms with E-state index in [0.29, 0.717) is 6.42 Å². The number of hydrogen-bond acceptors (Lipinski definition) is 4. The van der Waals surface area contributed by atoms with Crippen molar-refractivity contribution in [3.05, 3.63) is 64.2 Å². The summed E-state index contributed by atoms with van der Waals surface area (Å²) in [7, 11) is 3.61. The number of anilines is 1. The van der Waals surface area contributed by atoms with Crippen molar-refractivity contribution in [1.29, 1.82) is 0 Å². The van der Waals surface area contributed by atoms with E-state index in [-0.39, 0.29) is 12.0 Å². The molecule has 0 radical (unpaired) electrons. The molecule has 6 heteroatoms. The second kappa shape index (κ2) is 10.0. The molecule has 0 aromatic heterocycles. The van der Waals surface area contributed by atoms with Crippen LogP contribution in [0.4, 0.5) is 5.69 Å². The zero-order valence-electron chi connectivity index (χ0n) is 18.5. The van der Waals surface area contributed by atoms with Crippen LogP contribution in [0, 0.1) is 0 Å². The van der Waals surface area contributed by atoms with Gasteiger partial charge in [-0.25, -0.2) is 0 Å². The van der Waals surface area contributed by atoms with Gasteiger partial charge in [0, 0.05) is 57.5 Å². The van der Waals surface area contributed by atoms with Crippen LogP contribution in [-0.2, 0) is 22.4 Å². The molecule has 2 heterocycles. The molecule has 0 bridgehead atoms. The SMILES string of the molecule is CN(C)C(=O)Cc1ccc2c(c1)CCOC2CCN1CCN(c2ccc(Cl)cc2)CC1. The number of halogens is 1. The maximum Gasteiger partial charge on any atom is 0.226 e. The van der Waals surface area contributed by atoms with Gasteiger partial charge in [0.05, 0.1) is 19.1 Å². The van der Waals surface area contributed by atoms with Crippen molar-refractivity contribution >= 4 is 23.2 Å². The summed E-state index contributed by atoms with van der Waals surface area (Å²) in [6.07, 6.45) is 2.54. The standard InChI is InChI=1S/C25H32ClN3O2/c1-27(2)25(30)18-19-3-8-23-20(17-19)10-16-31-24(23)9-11-28-12-14-29(15-13-28)22-6-4-21(26)5-7-22/h3-8,17,24H,9-16,18H2,1-2H3. The molecule has 1 saturated heterocycles. The van der Waals surface area contributed by atoms with E-state index in [1.165, 1.54) is 16.8 Å². The van der Waals surface area contributed by atoms with Crippen molar-refractivity contribution in [1.82, 2.24) is 9.80 Å². The first-order valence-electron chi connectivity index (χ1n) is 11.2. The Kier molecular flexibility index (Phi) is 7.16. The van der Waals surface area contributed by atoms with Gasteiger partial charge in [0.15, 0.2) is 0 Å². The van der Waals surface area contributed by atoms with Crippen molar-refractivity contribution in [2.45, 2.75) is 25.4 Å². The summed E-state index contributed by atoms with van der Waals surface area (Å²) in [5, 5.41) is 0.784. The van der Waals surface area contributed by atoms with E-state index >= 15 is 0 Å². The molecule has 2 aromatic carbocycles. The zero-order chi connectivity index (χ0) is 21.8. The minimum Gasteiger partial charge on any atom is -0.373 e. The van der Waals surface area contributed by atoms with Crippen LogP contribution in [0.5, 0.6) is 0 Å². The fraction of sp³-hybridized carbons (Fsp3) is 0.480. The van der Waals surface area contributed by atoms with E-state index in [9.17, 15) is 4.79 Å². The van der Waals surface area contributed by atoms with E-state index in [0.717, 1.165) is 62.8 Å². The molecule has 1 amide bonds. The van der Waals surface area contributed by atoms with Gasteiger partial charge in [0.25, 0.3) is 0 Å². The fourth-order valence-electron chi connectivity index (χ4n) is 4.45. The molecule has 1 unspecified atom stereocenters. The zero-order valence-corrected chi connectivity index (χ0v) is 19.3. The van der Waals surface area contributed by atoms with Gasteiger partial charge < -0.3 is 14.5 Å². The average Bonchev–Trinajstić information content (AvgIpc) is 2.78. The van der Waals surface area contributed by atoms with E-state index in [1.807, 2.05) is 12.1 Å². The first-order valence-corrected chi connectivity index (χ1v) is 11.5. The summed E-state index contributed by atoms with van der Waals surface area (Å²) < 4.78 is 6.13. The summed E-state index contributed by atoms with van der Waals surface area (Å²) in [4.78, 5) is 18.7. The minimum atomic E-state index is 0.140. The van der Waals surface area contributed by atoms with Gasteiger partial charge in [0.2, 0.25) is 5.91 Å². The summed E-state index contributed by atoms with van der Waals surface area (Å²) >= 11 is 6.01. The molecule has 1 fully saturated rings. The normalized spacial score (nSPS) is 19.2. The summed E-state index contributed by atoms with van der Waals surface area (Å²) in [5.41, 5.74) is 4.98. The van der Waals surface area contributed by atoms with Gasteiger partial charge >= 0.3 is 0 Å². The summed E-state index contributed by atoms with van der Waals surface area (Å²) in [5.74, 6) is 0.140. The number of carbonyl (C=O) groups is 1. The number of fused-ring (bicyclic) bond motifs is 1. The summed E-state index contributed by atoms with van der Waals surface area (Å²) in [6.45, 7) is 5.99. The maximum atomic E-state index is 12.0. The number of nitrogens with zero attached hydrogens (tertiary/aromatic N) is 3. The van der Waals surface area contributed by atoms with Crippen molar-refractivity contribution in [2.75, 3.05) is 58.3 Å². The van der Waals surface area contributed by atoms with Crippen LogP contribution in [0.3, 0.4) is 0 Å². The third-order valence-electron chi connectivity index (χ3n) is 6.37. The third kappa shape index (κ3) is 5.59. The smallest absolute Gasteiger partial charge is 0.226 e. The van der Waals surface area contributed by atoms with E-state index in [1.54, 1.807) is 19.0 Å². The maximum absolute atomic E-state index is 12.0. The van der Waals surface area contributed by atoms with Crippen LogP contribution in [0.2, 0.25) is 5.02 Å². The molecule has 2 aliphatic rings. The predicted molar refractivity (Wildman–Crippen MR) is 126 cm³/mol. The average molecular weight is 442 g/mol. The Morgan fingerprint density at radius 2 is 1.84 bits per heavy atom. The number of rotatable bonds is 6. The lowest BCUT2D eigenvalue weighted by atomic mass is 9.93. The summed E-state index contributed by atoms with van der Waals surface area (Å²) in [6, 6.07) is 14.6. The lowest BCUT2D eigenvalue weighted by molar-refractivity contribution is -0.127. The number of likely N-dealkylation sites (N-methyl/N-ethyl adjacent to an activating group) is 1. The predicted octanol–water partition coefficient (Wildman–Crippen LogP) is 3.80. The van der Waals surface area contributed by atoms with E-state index in [2.05, 4.69) is 40.1 Å². The van der Waals surface area contributed by atoms with Crippen LogP contribution >= 0.6 is 11.6 Å². The molecule has 5 nitrogen and oxygen atoms in total. The largest absolute Gasteiger partial charge is 0.373 e. The van der Waals surface area contributed by atoms with Crippen LogP contribution < -0.4 is 4.90 Å². The van der Waals surface area contributed by atoms with E-state index < -0.39 is 0 Å². The van der Waals surface area contributed by atoms with Gasteiger partial charge in [-0.3, -0.25) is 9.69 Å². The second-order valence-electron chi connectivity index (χ2n) is 8.70. The third-order valence-corrected chi connectivity index (χ3v) is 6.62. The molecule has 166 valence electrons. The van der Waals surface area contributed by atoms with Gasteiger partial charge in [-0.1, -0.05) is 29.8 Å². The molecule has 0 saturated carbocycles. The number of piperazine rings is 1. The Morgan fingerprint density at radius 3 is 2.55 bits per heavy atom. The Morgan fingerprint density at radius 1 is 1.10 bits per heavy atom. The van der Waals surface area contributed by atoms with Crippen LogP contribution in [0.1, 0.15) is 29.2 Å². The molecule has 0 aliphatic carbocycles. The molecular formula is C25H32ClN3O2. The molecule has 0 N–H and O–H groups in total. The van der Waals surface area contributed by atoms with E-state index in [4.69, 9.17) is 16.3 Å². The highest BCUT2D eigenvalue weighted by Gasteiger charge is 2.24. The number of carbonyl (C=O) groups excluding carboxylic acids is 1. The first kappa shape index (κ1) is 22.1. The number of amides is 1. The van der Waals surface area contributed by atoms with Crippen molar-refractivity contribution in [2.24, 2.45) is 0 Å². The van der Waals surface area contributed by atoms with Gasteiger partial charge in [0.1, 0.15) is 0 Å². The van der Waals surface area contributed by atoms with Crippen molar-refractivity contribution in [3.8, 4) is 0 Å². The second-order valence-corrected chi connectivity index (χ2v) is 9.14. The Balaban J connectivity index is 1.30. The fourth-order valence-corrected chi connectivity index (χ4v) is 4.58. The number of ether oxygens (including phenoxy) is 1. The van der Waals surface area contributed by atoms with Crippen molar-refractivity contribution in [3.63, 3.8) is 0 Å². The van der Waals surface area contributed by atoms with Crippen LogP contribution in [-0.4, -0.2) is 69.1 Å². The Bertz CT molecular complexity index is 892. The molecule has 2 aromatic rings. The molecule has 1 atom stereocenters. The topological polar surface area (TPSA) is 36.0 Å². The Labute approximate surface area is 190 Å². The highest BCUT2D eigenvalue weighted by Crippen LogP contribution is 2.31. The molecule has 0 spiro atoms. The quantitative estimate of drug-likeness (QED) is 0.683. The van der Waals surface area contributed by atoms with Crippen LogP contribution in [0.25, 0.3) is 0 Å². The van der Waals surface area contributed by atoms with Gasteiger partial charge in [-0.15, -0.1) is 0 Å². The lowest BCUT2D eigenvalue weighted by Crippen LogP contribution is -2.46. The first-order chi connectivity index (χ1) is 15.0. The number of hydrogen-bond donors (Lipinski definition) is 0.